The van der Waals surface area contributed by atoms with E-state index in [1.165, 1.54) is 11.1 Å². The summed E-state index contributed by atoms with van der Waals surface area (Å²) in [6.07, 6.45) is 4.88. The molecule has 8 nitrogen and oxygen atoms in total. The summed E-state index contributed by atoms with van der Waals surface area (Å²) < 4.78 is 0. The van der Waals surface area contributed by atoms with Crippen molar-refractivity contribution < 1.29 is 14.4 Å². The van der Waals surface area contributed by atoms with E-state index in [2.05, 4.69) is 20.3 Å². The van der Waals surface area contributed by atoms with Gasteiger partial charge in [-0.2, -0.15) is 0 Å². The Bertz CT molecular complexity index is 1520. The molecule has 0 spiro atoms. The fraction of sp³-hybridized carbons (Fsp3) is 0.143. The minimum atomic E-state index is -0.781. The van der Waals surface area contributed by atoms with Crippen LogP contribution in [0.2, 0.25) is 10.0 Å². The van der Waals surface area contributed by atoms with Crippen molar-refractivity contribution in [1.82, 2.24) is 19.9 Å². The van der Waals surface area contributed by atoms with Crippen LogP contribution in [0.15, 0.2) is 79.3 Å². The summed E-state index contributed by atoms with van der Waals surface area (Å²) in [4.78, 5) is 54.1. The molecule has 3 aromatic heterocycles. The highest BCUT2D eigenvalue weighted by molar-refractivity contribution is 6.34. The summed E-state index contributed by atoms with van der Waals surface area (Å²) in [5, 5.41) is 3.26. The van der Waals surface area contributed by atoms with E-state index in [-0.39, 0.29) is 41.4 Å². The quantitative estimate of drug-likeness (QED) is 0.372. The number of carbonyl (C=O) groups is 3. The minimum Gasteiger partial charge on any atom is -0.323 e. The van der Waals surface area contributed by atoms with Crippen molar-refractivity contribution >= 4 is 46.6 Å². The Morgan fingerprint density at radius 2 is 1.76 bits per heavy atom. The molecule has 4 aromatic rings. The number of hydrogen-bond acceptors (Lipinski definition) is 6. The van der Waals surface area contributed by atoms with Gasteiger partial charge in [-0.15, -0.1) is 0 Å². The van der Waals surface area contributed by atoms with Crippen LogP contribution in [0.25, 0.3) is 0 Å². The maximum Gasteiger partial charge on any atom is 0.273 e. The van der Waals surface area contributed by atoms with Gasteiger partial charge in [-0.1, -0.05) is 41.4 Å². The van der Waals surface area contributed by atoms with Crippen molar-refractivity contribution in [3.05, 3.63) is 117 Å². The molecule has 38 heavy (non-hydrogen) atoms. The number of rotatable bonds is 6. The Kier molecular flexibility index (Phi) is 7.44. The highest BCUT2D eigenvalue weighted by Crippen LogP contribution is 2.27. The van der Waals surface area contributed by atoms with Crippen molar-refractivity contribution in [3.8, 4) is 0 Å². The van der Waals surface area contributed by atoms with Crippen LogP contribution >= 0.6 is 23.2 Å². The Hall–Kier alpha value is -4.14. The van der Waals surface area contributed by atoms with Crippen LogP contribution in [0.4, 0.5) is 5.82 Å². The molecule has 1 atom stereocenters. The molecule has 0 radical (unpaired) electrons. The van der Waals surface area contributed by atoms with Crippen molar-refractivity contribution in [2.75, 3.05) is 5.32 Å². The molecule has 0 saturated heterocycles. The van der Waals surface area contributed by atoms with Gasteiger partial charge in [0.05, 0.1) is 21.7 Å². The molecule has 1 unspecified atom stereocenters. The van der Waals surface area contributed by atoms with Gasteiger partial charge in [0.1, 0.15) is 11.5 Å². The van der Waals surface area contributed by atoms with Gasteiger partial charge in [-0.25, -0.2) is 9.97 Å². The van der Waals surface area contributed by atoms with E-state index >= 15 is 0 Å². The molecule has 1 aliphatic rings. The number of halogens is 2. The molecule has 1 aromatic carbocycles. The fourth-order valence-corrected chi connectivity index (χ4v) is 4.82. The summed E-state index contributed by atoms with van der Waals surface area (Å²) in [7, 11) is 0. The third-order valence-corrected chi connectivity index (χ3v) is 6.69. The van der Waals surface area contributed by atoms with E-state index in [0.29, 0.717) is 27.7 Å². The third-order valence-electron chi connectivity index (χ3n) is 6.18. The van der Waals surface area contributed by atoms with E-state index in [1.54, 1.807) is 60.9 Å². The second-order valence-corrected chi connectivity index (χ2v) is 9.61. The Balaban J connectivity index is 1.45. The lowest BCUT2D eigenvalue weighted by molar-refractivity contribution is -0.122. The molecular weight excluding hydrogens is 525 g/mol. The van der Waals surface area contributed by atoms with Crippen LogP contribution in [0.1, 0.15) is 37.7 Å². The number of hydrogen-bond donors (Lipinski definition) is 1. The maximum atomic E-state index is 13.7. The van der Waals surface area contributed by atoms with Crippen LogP contribution in [-0.4, -0.2) is 43.5 Å². The number of fused-ring (bicyclic) bond motifs is 1. The topological polar surface area (TPSA) is 105 Å². The van der Waals surface area contributed by atoms with Gasteiger partial charge >= 0.3 is 0 Å². The lowest BCUT2D eigenvalue weighted by Crippen LogP contribution is -2.45. The average Bonchev–Trinajstić information content (AvgIpc) is 2.99. The number of pyridine rings is 3. The summed E-state index contributed by atoms with van der Waals surface area (Å²) in [5.41, 5.74) is 2.25. The molecule has 0 saturated carbocycles. The summed E-state index contributed by atoms with van der Waals surface area (Å²) >= 11 is 12.6. The third kappa shape index (κ3) is 5.56. The first-order valence-electron chi connectivity index (χ1n) is 11.8. The van der Waals surface area contributed by atoms with E-state index in [0.717, 1.165) is 0 Å². The average molecular weight is 546 g/mol. The largest absolute Gasteiger partial charge is 0.323 e. The number of carbonyl (C=O) groups excluding carboxylic acids is 3. The molecule has 0 aliphatic carbocycles. The fourth-order valence-electron chi connectivity index (χ4n) is 4.35. The van der Waals surface area contributed by atoms with Crippen LogP contribution in [0.5, 0.6) is 0 Å². The van der Waals surface area contributed by atoms with Gasteiger partial charge in [0.2, 0.25) is 0 Å². The lowest BCUT2D eigenvalue weighted by Gasteiger charge is -2.29. The Morgan fingerprint density at radius 3 is 2.47 bits per heavy atom. The summed E-state index contributed by atoms with van der Waals surface area (Å²) in [5.74, 6) is -0.555. The van der Waals surface area contributed by atoms with Gasteiger partial charge < -0.3 is 10.2 Å². The number of Topliss-reactive ketones (excluding diaryl/α,β-unsaturated/α-hetero) is 1. The van der Waals surface area contributed by atoms with Gasteiger partial charge in [0.15, 0.2) is 5.78 Å². The number of nitrogens with one attached hydrogen (secondary N) is 1. The molecule has 10 heteroatoms. The maximum absolute atomic E-state index is 13.7. The zero-order valence-corrected chi connectivity index (χ0v) is 21.5. The van der Waals surface area contributed by atoms with Gasteiger partial charge in [0, 0.05) is 43.7 Å². The molecule has 4 heterocycles. The zero-order valence-electron chi connectivity index (χ0n) is 20.0. The normalized spacial score (nSPS) is 15.1. The van der Waals surface area contributed by atoms with E-state index in [4.69, 9.17) is 23.2 Å². The lowest BCUT2D eigenvalue weighted by atomic mass is 10.00. The molecule has 5 rings (SSSR count). The van der Waals surface area contributed by atoms with E-state index in [1.807, 2.05) is 12.1 Å². The second kappa shape index (κ2) is 11.1. The van der Waals surface area contributed by atoms with Crippen molar-refractivity contribution in [1.29, 1.82) is 0 Å². The van der Waals surface area contributed by atoms with E-state index in [9.17, 15) is 14.4 Å². The van der Waals surface area contributed by atoms with Crippen LogP contribution in [0.3, 0.4) is 0 Å². The Labute approximate surface area is 228 Å². The molecule has 1 N–H and O–H groups in total. The first-order valence-corrected chi connectivity index (χ1v) is 12.5. The zero-order chi connectivity index (χ0) is 26.6. The highest BCUT2D eigenvalue weighted by atomic mass is 35.5. The van der Waals surface area contributed by atoms with Crippen LogP contribution in [0, 0.1) is 0 Å². The second-order valence-electron chi connectivity index (χ2n) is 8.76. The molecule has 190 valence electrons. The van der Waals surface area contributed by atoms with Crippen molar-refractivity contribution in [2.45, 2.75) is 25.4 Å². The number of aromatic nitrogens is 3. The number of ketones is 1. The molecule has 1 aliphatic heterocycles. The predicted molar refractivity (Wildman–Crippen MR) is 143 cm³/mol. The molecule has 0 bridgehead atoms. The van der Waals surface area contributed by atoms with Crippen molar-refractivity contribution in [3.63, 3.8) is 0 Å². The van der Waals surface area contributed by atoms with Gasteiger partial charge in [-0.05, 0) is 53.6 Å². The smallest absolute Gasteiger partial charge is 0.273 e. The standard InChI is InChI=1S/C28H21Cl2N5O3/c29-19-12-18-13-24(36)23(14-20-5-1-3-9-31-20)35(28(38)26(18)33-15-19)16-17-7-8-21(22(30)11-17)27(37)34-25-6-2-4-10-32-25/h1-12,15,23H,13-14,16H2,(H,32,34,37). The van der Waals surface area contributed by atoms with Gasteiger partial charge in [0.25, 0.3) is 11.8 Å². The number of nitrogens with zero attached hydrogens (tertiary/aromatic N) is 4. The molecule has 0 fully saturated rings. The SMILES string of the molecule is O=C(Nc1ccccn1)c1ccc(CN2C(=O)c3ncc(Cl)cc3CC(=O)C2Cc2ccccn2)cc1Cl. The number of amides is 2. The molecule has 2 amide bonds. The predicted octanol–water partition coefficient (Wildman–Crippen LogP) is 4.81. The van der Waals surface area contributed by atoms with Crippen molar-refractivity contribution in [2.24, 2.45) is 0 Å². The van der Waals surface area contributed by atoms with E-state index < -0.39 is 17.9 Å². The highest BCUT2D eigenvalue weighted by Gasteiger charge is 2.36. The van der Waals surface area contributed by atoms with Crippen LogP contribution < -0.4 is 5.32 Å². The Morgan fingerprint density at radius 1 is 0.974 bits per heavy atom. The number of benzene rings is 1. The summed E-state index contributed by atoms with van der Waals surface area (Å²) in [6, 6.07) is 16.3. The number of anilines is 1. The van der Waals surface area contributed by atoms with Gasteiger partial charge in [-0.3, -0.25) is 19.4 Å². The monoisotopic (exact) mass is 545 g/mol. The minimum absolute atomic E-state index is 0.0238. The molecular formula is C28H21Cl2N5O3. The van der Waals surface area contributed by atoms with Crippen LogP contribution in [-0.2, 0) is 24.2 Å². The summed E-state index contributed by atoms with van der Waals surface area (Å²) in [6.45, 7) is 0.0771. The first kappa shape index (κ1) is 25.5. The first-order chi connectivity index (χ1) is 18.4.